The van der Waals surface area contributed by atoms with Crippen molar-refractivity contribution in [3.8, 4) is 0 Å². The number of rotatable bonds is 6. The van der Waals surface area contributed by atoms with Gasteiger partial charge in [-0.3, -0.25) is 0 Å². The van der Waals surface area contributed by atoms with Crippen LogP contribution in [0.25, 0.3) is 0 Å². The van der Waals surface area contributed by atoms with E-state index in [4.69, 9.17) is 4.74 Å². The van der Waals surface area contributed by atoms with Crippen molar-refractivity contribution < 1.29 is 4.74 Å². The molecule has 3 unspecified atom stereocenters. The molecule has 2 heteroatoms. The van der Waals surface area contributed by atoms with Gasteiger partial charge in [-0.2, -0.15) is 0 Å². The Morgan fingerprint density at radius 3 is 2.89 bits per heavy atom. The molecule has 106 valence electrons. The van der Waals surface area contributed by atoms with Crippen LogP contribution in [0.3, 0.4) is 0 Å². The van der Waals surface area contributed by atoms with E-state index in [-0.39, 0.29) is 0 Å². The summed E-state index contributed by atoms with van der Waals surface area (Å²) in [7, 11) is 0. The first-order chi connectivity index (χ1) is 9.15. The van der Waals surface area contributed by atoms with Crippen LogP contribution in [-0.4, -0.2) is 25.3 Å². The zero-order valence-corrected chi connectivity index (χ0v) is 12.5. The molecule has 1 fully saturated rings. The molecular weight excluding hydrogens is 234 g/mol. The molecule has 0 aliphatic carbocycles. The number of hydrogen-bond donors (Lipinski definition) is 1. The average molecular weight is 261 g/mol. The third kappa shape index (κ3) is 4.63. The molecule has 0 aromatic heterocycles. The predicted octanol–water partition coefficient (Wildman–Crippen LogP) is 3.33. The standard InChI is InChI=1S/C17H27NO/c1-13-5-4-6-16(11-13)8-7-14(2)18-15(3)17-9-10-19-12-17/h4-6,11,14-15,17-18H,7-10,12H2,1-3H3. The third-order valence-electron chi connectivity index (χ3n) is 4.17. The largest absolute Gasteiger partial charge is 0.381 e. The Morgan fingerprint density at radius 1 is 1.37 bits per heavy atom. The molecule has 1 N–H and O–H groups in total. The number of aryl methyl sites for hydroxylation is 2. The van der Waals surface area contributed by atoms with Crippen molar-refractivity contribution in [1.29, 1.82) is 0 Å². The first kappa shape index (κ1) is 14.5. The van der Waals surface area contributed by atoms with Crippen molar-refractivity contribution in [1.82, 2.24) is 5.32 Å². The average Bonchev–Trinajstić information content (AvgIpc) is 2.90. The molecule has 19 heavy (non-hydrogen) atoms. The van der Waals surface area contributed by atoms with Crippen LogP contribution in [0.5, 0.6) is 0 Å². The quantitative estimate of drug-likeness (QED) is 0.848. The number of hydrogen-bond acceptors (Lipinski definition) is 2. The Balaban J connectivity index is 1.73. The van der Waals surface area contributed by atoms with E-state index in [0.717, 1.165) is 19.6 Å². The van der Waals surface area contributed by atoms with Crippen LogP contribution >= 0.6 is 0 Å². The summed E-state index contributed by atoms with van der Waals surface area (Å²) in [4.78, 5) is 0. The minimum atomic E-state index is 0.565. The smallest absolute Gasteiger partial charge is 0.0509 e. The maximum absolute atomic E-state index is 5.46. The summed E-state index contributed by atoms with van der Waals surface area (Å²) in [5.74, 6) is 0.696. The fraction of sp³-hybridized carbons (Fsp3) is 0.647. The van der Waals surface area contributed by atoms with Gasteiger partial charge < -0.3 is 10.1 Å². The molecule has 3 atom stereocenters. The van der Waals surface area contributed by atoms with Crippen LogP contribution in [-0.2, 0) is 11.2 Å². The normalized spacial score (nSPS) is 22.4. The predicted molar refractivity (Wildman–Crippen MR) is 80.5 cm³/mol. The second-order valence-corrected chi connectivity index (χ2v) is 6.01. The van der Waals surface area contributed by atoms with Crippen LogP contribution in [0.1, 0.15) is 37.8 Å². The molecule has 0 radical (unpaired) electrons. The van der Waals surface area contributed by atoms with Gasteiger partial charge in [0.25, 0.3) is 0 Å². The molecule has 2 rings (SSSR count). The molecule has 1 aromatic carbocycles. The van der Waals surface area contributed by atoms with E-state index in [0.29, 0.717) is 18.0 Å². The summed E-state index contributed by atoms with van der Waals surface area (Å²) in [6.07, 6.45) is 3.56. The van der Waals surface area contributed by atoms with E-state index in [2.05, 4.69) is 50.4 Å². The lowest BCUT2D eigenvalue weighted by Gasteiger charge is -2.24. The molecule has 1 saturated heterocycles. The monoisotopic (exact) mass is 261 g/mol. The molecule has 0 amide bonds. The molecule has 1 heterocycles. The summed E-state index contributed by atoms with van der Waals surface area (Å²) >= 11 is 0. The summed E-state index contributed by atoms with van der Waals surface area (Å²) < 4.78 is 5.46. The van der Waals surface area contributed by atoms with Gasteiger partial charge in [0.05, 0.1) is 6.61 Å². The van der Waals surface area contributed by atoms with E-state index >= 15 is 0 Å². The Bertz CT molecular complexity index is 385. The van der Waals surface area contributed by atoms with Gasteiger partial charge in [0.1, 0.15) is 0 Å². The molecule has 0 saturated carbocycles. The van der Waals surface area contributed by atoms with Crippen LogP contribution in [0.2, 0.25) is 0 Å². The maximum atomic E-state index is 5.46. The fourth-order valence-electron chi connectivity index (χ4n) is 2.87. The Morgan fingerprint density at radius 2 is 2.21 bits per heavy atom. The lowest BCUT2D eigenvalue weighted by molar-refractivity contribution is 0.176. The van der Waals surface area contributed by atoms with Gasteiger partial charge in [-0.1, -0.05) is 29.8 Å². The lowest BCUT2D eigenvalue weighted by atomic mass is 9.98. The number of ether oxygens (including phenoxy) is 1. The number of nitrogens with one attached hydrogen (secondary N) is 1. The van der Waals surface area contributed by atoms with Crippen molar-refractivity contribution in [2.24, 2.45) is 5.92 Å². The molecular formula is C17H27NO. The van der Waals surface area contributed by atoms with E-state index in [1.807, 2.05) is 0 Å². The van der Waals surface area contributed by atoms with Gasteiger partial charge in [0.15, 0.2) is 0 Å². The highest BCUT2D eigenvalue weighted by Gasteiger charge is 2.22. The highest BCUT2D eigenvalue weighted by Crippen LogP contribution is 2.17. The van der Waals surface area contributed by atoms with E-state index in [1.54, 1.807) is 0 Å². The Hall–Kier alpha value is -0.860. The summed E-state index contributed by atoms with van der Waals surface area (Å²) in [5, 5.41) is 3.73. The van der Waals surface area contributed by atoms with Gasteiger partial charge in [-0.15, -0.1) is 0 Å². The topological polar surface area (TPSA) is 21.3 Å². The molecule has 0 spiro atoms. The van der Waals surface area contributed by atoms with Gasteiger partial charge in [0, 0.05) is 18.7 Å². The lowest BCUT2D eigenvalue weighted by Crippen LogP contribution is -2.40. The van der Waals surface area contributed by atoms with Crippen molar-refractivity contribution in [2.75, 3.05) is 13.2 Å². The van der Waals surface area contributed by atoms with E-state index in [9.17, 15) is 0 Å². The van der Waals surface area contributed by atoms with Crippen LogP contribution in [0, 0.1) is 12.8 Å². The van der Waals surface area contributed by atoms with E-state index < -0.39 is 0 Å². The molecule has 0 bridgehead atoms. The number of benzene rings is 1. The van der Waals surface area contributed by atoms with Crippen LogP contribution in [0.15, 0.2) is 24.3 Å². The fourth-order valence-corrected chi connectivity index (χ4v) is 2.87. The van der Waals surface area contributed by atoms with Crippen LogP contribution < -0.4 is 5.32 Å². The molecule has 2 nitrogen and oxygen atoms in total. The SMILES string of the molecule is Cc1cccc(CCC(C)NC(C)C2CCOC2)c1. The van der Waals surface area contributed by atoms with Gasteiger partial charge in [-0.05, 0) is 51.5 Å². The minimum absolute atomic E-state index is 0.565. The highest BCUT2D eigenvalue weighted by molar-refractivity contribution is 5.22. The Labute approximate surface area is 117 Å². The Kier molecular flexibility index (Phi) is 5.41. The summed E-state index contributed by atoms with van der Waals surface area (Å²) in [6, 6.07) is 9.97. The highest BCUT2D eigenvalue weighted by atomic mass is 16.5. The van der Waals surface area contributed by atoms with Crippen molar-refractivity contribution in [2.45, 2.75) is 52.1 Å². The maximum Gasteiger partial charge on any atom is 0.0509 e. The van der Waals surface area contributed by atoms with Gasteiger partial charge in [0.2, 0.25) is 0 Å². The summed E-state index contributed by atoms with van der Waals surface area (Å²) in [5.41, 5.74) is 2.81. The third-order valence-corrected chi connectivity index (χ3v) is 4.17. The van der Waals surface area contributed by atoms with Crippen molar-refractivity contribution in [3.63, 3.8) is 0 Å². The first-order valence-corrected chi connectivity index (χ1v) is 7.54. The van der Waals surface area contributed by atoms with Crippen molar-refractivity contribution in [3.05, 3.63) is 35.4 Å². The zero-order chi connectivity index (χ0) is 13.7. The molecule has 1 aliphatic heterocycles. The second-order valence-electron chi connectivity index (χ2n) is 6.01. The molecule has 1 aliphatic rings. The second kappa shape index (κ2) is 7.06. The van der Waals surface area contributed by atoms with E-state index in [1.165, 1.54) is 24.0 Å². The zero-order valence-electron chi connectivity index (χ0n) is 12.5. The van der Waals surface area contributed by atoms with Gasteiger partial charge >= 0.3 is 0 Å². The van der Waals surface area contributed by atoms with Crippen molar-refractivity contribution >= 4 is 0 Å². The molecule has 1 aromatic rings. The van der Waals surface area contributed by atoms with Gasteiger partial charge in [-0.25, -0.2) is 0 Å². The minimum Gasteiger partial charge on any atom is -0.381 e. The summed E-state index contributed by atoms with van der Waals surface area (Å²) in [6.45, 7) is 8.62. The van der Waals surface area contributed by atoms with Crippen LogP contribution in [0.4, 0.5) is 0 Å². The first-order valence-electron chi connectivity index (χ1n) is 7.54.